The normalized spacial score (nSPS) is 18.1. The Morgan fingerprint density at radius 2 is 1.88 bits per heavy atom. The second kappa shape index (κ2) is 8.91. The van der Waals surface area contributed by atoms with E-state index < -0.39 is 17.7 Å². The van der Waals surface area contributed by atoms with Crippen molar-refractivity contribution in [2.45, 2.75) is 96.2 Å². The van der Waals surface area contributed by atoms with Crippen molar-refractivity contribution in [3.63, 3.8) is 0 Å². The van der Waals surface area contributed by atoms with Crippen LogP contribution in [0.5, 0.6) is 0 Å². The van der Waals surface area contributed by atoms with Crippen molar-refractivity contribution in [3.8, 4) is 6.07 Å². The first-order chi connectivity index (χ1) is 11.2. The number of unbranched alkanes of at least 4 members (excludes halogenated alkanes) is 1. The fourth-order valence-electron chi connectivity index (χ4n) is 2.95. The van der Waals surface area contributed by atoms with E-state index in [4.69, 9.17) is 10.00 Å². The molecule has 1 saturated carbocycles. The molecule has 0 saturated heterocycles. The first-order valence-electron chi connectivity index (χ1n) is 8.84. The molecule has 0 aromatic rings. The van der Waals surface area contributed by atoms with Crippen LogP contribution >= 0.6 is 0 Å². The largest absolute Gasteiger partial charge is 0.444 e. The third kappa shape index (κ3) is 7.67. The van der Waals surface area contributed by atoms with Crippen LogP contribution < -0.4 is 10.6 Å². The fraction of sp³-hybridized carbons (Fsp3) is 0.833. The van der Waals surface area contributed by atoms with E-state index in [0.717, 1.165) is 25.7 Å². The van der Waals surface area contributed by atoms with Crippen LogP contribution in [0.1, 0.15) is 79.1 Å². The highest BCUT2D eigenvalue weighted by Gasteiger charge is 2.32. The molecule has 1 aliphatic carbocycles. The lowest BCUT2D eigenvalue weighted by Crippen LogP contribution is -2.55. The Hall–Kier alpha value is -1.77. The number of amides is 2. The molecule has 0 spiro atoms. The topological polar surface area (TPSA) is 91.2 Å². The summed E-state index contributed by atoms with van der Waals surface area (Å²) in [4.78, 5) is 24.6. The van der Waals surface area contributed by atoms with Crippen LogP contribution in [0.25, 0.3) is 0 Å². The number of carbonyl (C=O) groups excluding carboxylic acids is 2. The standard InChI is InChI=1S/C18H31N3O3/c1-17(2,3)24-16(23)20-14(10-6-9-13-19)15(22)21-18(4)11-7-5-8-12-18/h14H,5-12H2,1-4H3,(H,20,23)(H,21,22). The van der Waals surface area contributed by atoms with E-state index in [9.17, 15) is 9.59 Å². The molecule has 1 rings (SSSR count). The lowest BCUT2D eigenvalue weighted by molar-refractivity contribution is -0.125. The molecule has 1 atom stereocenters. The zero-order valence-electron chi connectivity index (χ0n) is 15.4. The summed E-state index contributed by atoms with van der Waals surface area (Å²) in [6.45, 7) is 7.39. The Balaban J connectivity index is 2.67. The molecule has 0 aromatic heterocycles. The molecule has 6 heteroatoms. The highest BCUT2D eigenvalue weighted by atomic mass is 16.6. The van der Waals surface area contributed by atoms with Crippen molar-refractivity contribution in [2.75, 3.05) is 0 Å². The lowest BCUT2D eigenvalue weighted by Gasteiger charge is -2.36. The number of nitriles is 1. The summed E-state index contributed by atoms with van der Waals surface area (Å²) in [6, 6.07) is 1.39. The van der Waals surface area contributed by atoms with E-state index in [1.807, 2.05) is 0 Å². The number of carbonyl (C=O) groups is 2. The van der Waals surface area contributed by atoms with Gasteiger partial charge in [0.25, 0.3) is 0 Å². The van der Waals surface area contributed by atoms with Crippen LogP contribution in [-0.4, -0.2) is 29.2 Å². The van der Waals surface area contributed by atoms with Crippen molar-refractivity contribution in [2.24, 2.45) is 0 Å². The molecule has 2 N–H and O–H groups in total. The summed E-state index contributed by atoms with van der Waals surface area (Å²) < 4.78 is 5.24. The van der Waals surface area contributed by atoms with Crippen molar-refractivity contribution in [1.29, 1.82) is 5.26 Å². The zero-order chi connectivity index (χ0) is 18.2. The van der Waals surface area contributed by atoms with Gasteiger partial charge >= 0.3 is 6.09 Å². The highest BCUT2D eigenvalue weighted by Crippen LogP contribution is 2.27. The van der Waals surface area contributed by atoms with E-state index in [1.54, 1.807) is 20.8 Å². The van der Waals surface area contributed by atoms with Crippen LogP contribution in [0, 0.1) is 11.3 Å². The summed E-state index contributed by atoms with van der Waals surface area (Å²) in [5.41, 5.74) is -0.828. The van der Waals surface area contributed by atoms with E-state index in [0.29, 0.717) is 19.3 Å². The molecule has 1 aliphatic rings. The molecule has 0 aliphatic heterocycles. The van der Waals surface area contributed by atoms with Crippen LogP contribution in [-0.2, 0) is 9.53 Å². The Morgan fingerprint density at radius 3 is 2.42 bits per heavy atom. The van der Waals surface area contributed by atoms with Gasteiger partial charge in [0.2, 0.25) is 5.91 Å². The van der Waals surface area contributed by atoms with Crippen LogP contribution in [0.2, 0.25) is 0 Å². The minimum absolute atomic E-state index is 0.191. The summed E-state index contributed by atoms with van der Waals surface area (Å²) >= 11 is 0. The molecule has 1 fully saturated rings. The summed E-state index contributed by atoms with van der Waals surface area (Å²) in [7, 11) is 0. The number of hydrogen-bond acceptors (Lipinski definition) is 4. The van der Waals surface area contributed by atoms with Gasteiger partial charge < -0.3 is 15.4 Å². The molecule has 0 bridgehead atoms. The Labute approximate surface area is 145 Å². The first-order valence-corrected chi connectivity index (χ1v) is 8.84. The van der Waals surface area contributed by atoms with Gasteiger partial charge in [0.1, 0.15) is 11.6 Å². The second-order valence-corrected chi connectivity index (χ2v) is 7.86. The van der Waals surface area contributed by atoms with Gasteiger partial charge in [0, 0.05) is 12.0 Å². The van der Waals surface area contributed by atoms with Gasteiger partial charge in [-0.2, -0.15) is 5.26 Å². The van der Waals surface area contributed by atoms with Crippen molar-refractivity contribution in [3.05, 3.63) is 0 Å². The maximum atomic E-state index is 12.6. The van der Waals surface area contributed by atoms with Gasteiger partial charge in [-0.25, -0.2) is 4.79 Å². The van der Waals surface area contributed by atoms with Gasteiger partial charge in [-0.3, -0.25) is 4.79 Å². The average Bonchev–Trinajstić information content (AvgIpc) is 2.44. The number of alkyl carbamates (subject to hydrolysis) is 1. The van der Waals surface area contributed by atoms with Gasteiger partial charge in [-0.05, 0) is 53.4 Å². The lowest BCUT2D eigenvalue weighted by atomic mass is 9.83. The van der Waals surface area contributed by atoms with Crippen molar-refractivity contribution >= 4 is 12.0 Å². The smallest absolute Gasteiger partial charge is 0.408 e. The predicted octanol–water partition coefficient (Wildman–Crippen LogP) is 3.41. The zero-order valence-corrected chi connectivity index (χ0v) is 15.4. The van der Waals surface area contributed by atoms with Gasteiger partial charge in [-0.15, -0.1) is 0 Å². The van der Waals surface area contributed by atoms with Crippen LogP contribution in [0.4, 0.5) is 4.79 Å². The second-order valence-electron chi connectivity index (χ2n) is 7.86. The molecular formula is C18H31N3O3. The average molecular weight is 337 g/mol. The fourth-order valence-corrected chi connectivity index (χ4v) is 2.95. The van der Waals surface area contributed by atoms with Crippen LogP contribution in [0.15, 0.2) is 0 Å². The SMILES string of the molecule is CC1(NC(=O)C(CCCC#N)NC(=O)OC(C)(C)C)CCCCC1. The van der Waals surface area contributed by atoms with E-state index >= 15 is 0 Å². The quantitative estimate of drug-likeness (QED) is 0.727. The molecule has 1 unspecified atom stereocenters. The van der Waals surface area contributed by atoms with Crippen LogP contribution in [0.3, 0.4) is 0 Å². The number of hydrogen-bond donors (Lipinski definition) is 2. The van der Waals surface area contributed by atoms with E-state index in [2.05, 4.69) is 23.6 Å². The monoisotopic (exact) mass is 337 g/mol. The first kappa shape index (κ1) is 20.3. The number of rotatable bonds is 6. The number of nitrogens with one attached hydrogen (secondary N) is 2. The van der Waals surface area contributed by atoms with E-state index in [1.165, 1.54) is 6.42 Å². The molecule has 136 valence electrons. The molecular weight excluding hydrogens is 306 g/mol. The maximum Gasteiger partial charge on any atom is 0.408 e. The summed E-state index contributed by atoms with van der Waals surface area (Å²) in [5, 5.41) is 14.4. The van der Waals surface area contributed by atoms with Gasteiger partial charge in [-0.1, -0.05) is 19.3 Å². The molecule has 0 aromatic carbocycles. The Morgan fingerprint density at radius 1 is 1.25 bits per heavy atom. The van der Waals surface area contributed by atoms with E-state index in [-0.39, 0.29) is 11.4 Å². The van der Waals surface area contributed by atoms with Crippen molar-refractivity contribution in [1.82, 2.24) is 10.6 Å². The summed E-state index contributed by atoms with van der Waals surface area (Å²) in [5.74, 6) is -0.191. The third-order valence-electron chi connectivity index (χ3n) is 4.17. The molecule has 24 heavy (non-hydrogen) atoms. The molecule has 0 radical (unpaired) electrons. The molecule has 6 nitrogen and oxygen atoms in total. The molecule has 0 heterocycles. The number of nitrogens with zero attached hydrogens (tertiary/aromatic N) is 1. The minimum Gasteiger partial charge on any atom is -0.444 e. The van der Waals surface area contributed by atoms with Gasteiger partial charge in [0.05, 0.1) is 6.07 Å². The summed E-state index contributed by atoms with van der Waals surface area (Å²) in [6.07, 6.45) is 6.06. The molecule has 2 amide bonds. The van der Waals surface area contributed by atoms with Gasteiger partial charge in [0.15, 0.2) is 0 Å². The maximum absolute atomic E-state index is 12.6. The third-order valence-corrected chi connectivity index (χ3v) is 4.17. The highest BCUT2D eigenvalue weighted by molar-refractivity contribution is 5.86. The number of ether oxygens (including phenoxy) is 1. The minimum atomic E-state index is -0.674. The Bertz CT molecular complexity index is 471. The predicted molar refractivity (Wildman–Crippen MR) is 92.3 cm³/mol. The Kier molecular flexibility index (Phi) is 7.53. The van der Waals surface area contributed by atoms with Crippen molar-refractivity contribution < 1.29 is 14.3 Å².